The summed E-state index contributed by atoms with van der Waals surface area (Å²) in [7, 11) is 0. The summed E-state index contributed by atoms with van der Waals surface area (Å²) >= 11 is 0. The minimum atomic E-state index is -1.23. The molecule has 5 heteroatoms. The zero-order valence-electron chi connectivity index (χ0n) is 11.4. The molecular weight excluding hydrogens is 257 g/mol. The third kappa shape index (κ3) is 2.77. The van der Waals surface area contributed by atoms with Crippen molar-refractivity contribution in [1.82, 2.24) is 4.98 Å². The topological polar surface area (TPSA) is 68.0 Å². The van der Waals surface area contributed by atoms with Crippen molar-refractivity contribution in [1.29, 1.82) is 0 Å². The molecule has 20 heavy (non-hydrogen) atoms. The number of hydrogen-bond donors (Lipinski definition) is 2. The second kappa shape index (κ2) is 5.28. The molecule has 3 N–H and O–H groups in total. The number of aromatic nitrogens is 1. The third-order valence-corrected chi connectivity index (χ3v) is 3.19. The molecule has 104 valence electrons. The predicted molar refractivity (Wildman–Crippen MR) is 75.5 cm³/mol. The van der Waals surface area contributed by atoms with E-state index >= 15 is 0 Å². The molecule has 0 aliphatic heterocycles. The van der Waals surface area contributed by atoms with Gasteiger partial charge in [0.05, 0.1) is 6.20 Å². The minimum absolute atomic E-state index is 0.381. The average molecular weight is 273 g/mol. The van der Waals surface area contributed by atoms with Gasteiger partial charge in [-0.15, -0.1) is 0 Å². The quantitative estimate of drug-likeness (QED) is 0.898. The van der Waals surface area contributed by atoms with Gasteiger partial charge in [0.2, 0.25) is 5.91 Å². The number of nitrogens with zero attached hydrogens (tertiary/aromatic N) is 1. The number of nitrogens with one attached hydrogen (secondary N) is 1. The summed E-state index contributed by atoms with van der Waals surface area (Å²) in [5.74, 6) is -1.12. The van der Waals surface area contributed by atoms with E-state index in [4.69, 9.17) is 5.73 Å². The number of benzene rings is 1. The summed E-state index contributed by atoms with van der Waals surface area (Å²) in [5.41, 5.74) is 6.41. The second-order valence-electron chi connectivity index (χ2n) is 4.88. The Kier molecular flexibility index (Phi) is 3.70. The van der Waals surface area contributed by atoms with Crippen LogP contribution in [-0.4, -0.2) is 10.9 Å². The van der Waals surface area contributed by atoms with Crippen LogP contribution in [0.2, 0.25) is 0 Å². The van der Waals surface area contributed by atoms with Crippen molar-refractivity contribution < 1.29 is 9.18 Å². The first-order valence-corrected chi connectivity index (χ1v) is 6.17. The number of aryl methyl sites for hydroxylation is 1. The molecular formula is C15H16FN3O. The fourth-order valence-electron chi connectivity index (χ4n) is 1.97. The van der Waals surface area contributed by atoms with Crippen molar-refractivity contribution in [3.63, 3.8) is 0 Å². The van der Waals surface area contributed by atoms with E-state index in [1.165, 1.54) is 12.3 Å². The highest BCUT2D eigenvalue weighted by atomic mass is 19.1. The van der Waals surface area contributed by atoms with E-state index in [1.807, 2.05) is 31.2 Å². The monoisotopic (exact) mass is 273 g/mol. The molecule has 1 unspecified atom stereocenters. The Labute approximate surface area is 116 Å². The Morgan fingerprint density at radius 1 is 1.35 bits per heavy atom. The van der Waals surface area contributed by atoms with Crippen LogP contribution in [0.25, 0.3) is 0 Å². The Morgan fingerprint density at radius 2 is 2.10 bits per heavy atom. The minimum Gasteiger partial charge on any atom is -0.368 e. The molecule has 4 nitrogen and oxygen atoms in total. The Morgan fingerprint density at radius 3 is 2.70 bits per heavy atom. The highest BCUT2D eigenvalue weighted by Crippen LogP contribution is 2.26. The number of pyridine rings is 1. The van der Waals surface area contributed by atoms with Crippen LogP contribution >= 0.6 is 0 Å². The lowest BCUT2D eigenvalue weighted by Gasteiger charge is -2.29. The van der Waals surface area contributed by atoms with Crippen molar-refractivity contribution in [2.24, 2.45) is 5.73 Å². The smallest absolute Gasteiger partial charge is 0.247 e. The molecule has 0 aliphatic rings. The lowest BCUT2D eigenvalue weighted by Crippen LogP contribution is -2.45. The van der Waals surface area contributed by atoms with Crippen LogP contribution < -0.4 is 11.1 Å². The van der Waals surface area contributed by atoms with E-state index in [-0.39, 0.29) is 0 Å². The van der Waals surface area contributed by atoms with Gasteiger partial charge in [0.15, 0.2) is 0 Å². The number of primary amides is 1. The van der Waals surface area contributed by atoms with Gasteiger partial charge in [-0.05, 0) is 37.6 Å². The maximum atomic E-state index is 13.3. The van der Waals surface area contributed by atoms with Gasteiger partial charge in [-0.1, -0.05) is 12.1 Å². The third-order valence-electron chi connectivity index (χ3n) is 3.19. The summed E-state index contributed by atoms with van der Waals surface area (Å²) in [6.07, 6.45) is 2.51. The molecule has 0 aliphatic carbocycles. The van der Waals surface area contributed by atoms with Gasteiger partial charge in [-0.3, -0.25) is 9.78 Å². The Hall–Kier alpha value is -2.43. The van der Waals surface area contributed by atoms with Gasteiger partial charge < -0.3 is 11.1 Å². The molecule has 2 aromatic rings. The van der Waals surface area contributed by atoms with Gasteiger partial charge in [-0.2, -0.15) is 0 Å². The molecule has 0 radical (unpaired) electrons. The van der Waals surface area contributed by atoms with Gasteiger partial charge in [-0.25, -0.2) is 4.39 Å². The second-order valence-corrected chi connectivity index (χ2v) is 4.88. The molecule has 0 saturated carbocycles. The number of rotatable bonds is 4. The summed E-state index contributed by atoms with van der Waals surface area (Å²) in [6.45, 7) is 3.55. The van der Waals surface area contributed by atoms with Crippen LogP contribution in [0, 0.1) is 12.7 Å². The van der Waals surface area contributed by atoms with Crippen LogP contribution in [0.3, 0.4) is 0 Å². The maximum absolute atomic E-state index is 13.3. The Balaban J connectivity index is 2.42. The zero-order valence-corrected chi connectivity index (χ0v) is 11.4. The number of nitrogens with two attached hydrogens (primary N) is 1. The predicted octanol–water partition coefficient (Wildman–Crippen LogP) is 2.34. The SMILES string of the molecule is Cc1cccc(NC(C)(C(N)=O)c2cncc(F)c2)c1. The fraction of sp³-hybridized carbons (Fsp3) is 0.200. The number of carbonyl (C=O) groups excluding carboxylic acids is 1. The van der Waals surface area contributed by atoms with Gasteiger partial charge in [0.1, 0.15) is 11.4 Å². The number of halogens is 1. The van der Waals surface area contributed by atoms with Crippen LogP contribution in [0.1, 0.15) is 18.1 Å². The van der Waals surface area contributed by atoms with Crippen molar-refractivity contribution in [2.75, 3.05) is 5.32 Å². The van der Waals surface area contributed by atoms with E-state index < -0.39 is 17.3 Å². The van der Waals surface area contributed by atoms with Crippen molar-refractivity contribution in [3.05, 3.63) is 59.7 Å². The number of anilines is 1. The maximum Gasteiger partial charge on any atom is 0.247 e. The lowest BCUT2D eigenvalue weighted by molar-refractivity contribution is -0.122. The fourth-order valence-corrected chi connectivity index (χ4v) is 1.97. The highest BCUT2D eigenvalue weighted by molar-refractivity contribution is 5.88. The summed E-state index contributed by atoms with van der Waals surface area (Å²) < 4.78 is 13.3. The number of amides is 1. The molecule has 0 bridgehead atoms. The average Bonchev–Trinajstić information content (AvgIpc) is 2.38. The Bertz CT molecular complexity index is 645. The standard InChI is InChI=1S/C15H16FN3O/c1-10-4-3-5-13(6-10)19-15(2,14(17)20)11-7-12(16)9-18-8-11/h3-9,19H,1-2H3,(H2,17,20). The van der Waals surface area contributed by atoms with Gasteiger partial charge in [0.25, 0.3) is 0 Å². The first kappa shape index (κ1) is 14.0. The summed E-state index contributed by atoms with van der Waals surface area (Å²) in [4.78, 5) is 15.6. The van der Waals surface area contributed by atoms with Gasteiger partial charge >= 0.3 is 0 Å². The van der Waals surface area contributed by atoms with E-state index in [2.05, 4.69) is 10.3 Å². The molecule has 0 fully saturated rings. The first-order chi connectivity index (χ1) is 9.41. The molecule has 1 atom stereocenters. The number of hydrogen-bond acceptors (Lipinski definition) is 3. The van der Waals surface area contributed by atoms with Crippen molar-refractivity contribution in [2.45, 2.75) is 19.4 Å². The molecule has 1 aromatic heterocycles. The molecule has 0 spiro atoms. The van der Waals surface area contributed by atoms with E-state index in [0.29, 0.717) is 5.56 Å². The molecule has 1 heterocycles. The first-order valence-electron chi connectivity index (χ1n) is 6.17. The van der Waals surface area contributed by atoms with Crippen LogP contribution in [0.4, 0.5) is 10.1 Å². The lowest BCUT2D eigenvalue weighted by atomic mass is 9.92. The van der Waals surface area contributed by atoms with Gasteiger partial charge in [0, 0.05) is 17.4 Å². The largest absolute Gasteiger partial charge is 0.368 e. The van der Waals surface area contributed by atoms with Crippen LogP contribution in [0.15, 0.2) is 42.7 Å². The van der Waals surface area contributed by atoms with E-state index in [1.54, 1.807) is 6.92 Å². The molecule has 0 saturated heterocycles. The van der Waals surface area contributed by atoms with E-state index in [0.717, 1.165) is 17.4 Å². The van der Waals surface area contributed by atoms with Crippen molar-refractivity contribution in [3.8, 4) is 0 Å². The zero-order chi connectivity index (χ0) is 14.8. The summed E-state index contributed by atoms with van der Waals surface area (Å²) in [6, 6.07) is 8.76. The highest BCUT2D eigenvalue weighted by Gasteiger charge is 2.34. The molecule has 2 rings (SSSR count). The van der Waals surface area contributed by atoms with E-state index in [9.17, 15) is 9.18 Å². The summed E-state index contributed by atoms with van der Waals surface area (Å²) in [5, 5.41) is 3.06. The number of carbonyl (C=O) groups is 1. The van der Waals surface area contributed by atoms with Crippen molar-refractivity contribution >= 4 is 11.6 Å². The molecule has 1 amide bonds. The van der Waals surface area contributed by atoms with Crippen LogP contribution in [-0.2, 0) is 10.3 Å². The molecule has 1 aromatic carbocycles. The van der Waals surface area contributed by atoms with Crippen LogP contribution in [0.5, 0.6) is 0 Å². The normalized spacial score (nSPS) is 13.6.